The molecule has 3 heterocycles. The minimum atomic E-state index is 0.353. The molecule has 0 spiro atoms. The zero-order valence-electron chi connectivity index (χ0n) is 18.3. The zero-order chi connectivity index (χ0) is 22.8. The van der Waals surface area contributed by atoms with Crippen molar-refractivity contribution in [3.63, 3.8) is 0 Å². The summed E-state index contributed by atoms with van der Waals surface area (Å²) in [5.74, 6) is 1.87. The molecule has 2 aromatic heterocycles. The molecule has 0 unspecified atom stereocenters. The number of anilines is 1. The summed E-state index contributed by atoms with van der Waals surface area (Å²) in [6.45, 7) is 2.94. The topological polar surface area (TPSA) is 54.7 Å². The number of hydrogen-bond acceptors (Lipinski definition) is 5. The number of aromatic nitrogens is 3. The highest BCUT2D eigenvalue weighted by Crippen LogP contribution is 2.31. The number of nitrogens with zero attached hydrogens (tertiary/aromatic N) is 4. The Morgan fingerprint density at radius 2 is 1.88 bits per heavy atom. The number of piperidine rings is 1. The molecule has 1 aliphatic rings. The fourth-order valence-corrected chi connectivity index (χ4v) is 4.95. The smallest absolute Gasteiger partial charge is 0.172 e. The summed E-state index contributed by atoms with van der Waals surface area (Å²) < 4.78 is 8.22. The monoisotopic (exact) mass is 525 g/mol. The summed E-state index contributed by atoms with van der Waals surface area (Å²) in [7, 11) is 1.73. The van der Waals surface area contributed by atoms with E-state index in [9.17, 15) is 0 Å². The average Bonchev–Trinajstić information content (AvgIpc) is 3.22. The van der Waals surface area contributed by atoms with E-state index in [4.69, 9.17) is 21.3 Å². The predicted molar refractivity (Wildman–Crippen MR) is 136 cm³/mol. The normalized spacial score (nSPS) is 15.1. The summed E-state index contributed by atoms with van der Waals surface area (Å²) in [6.07, 6.45) is 3.87. The molecule has 4 aromatic rings. The summed E-state index contributed by atoms with van der Waals surface area (Å²) in [6, 6.07) is 18.4. The Balaban J connectivity index is 1.33. The van der Waals surface area contributed by atoms with Crippen LogP contribution in [-0.2, 0) is 6.54 Å². The molecule has 0 bridgehead atoms. The molecule has 1 fully saturated rings. The number of halogens is 2. The van der Waals surface area contributed by atoms with Gasteiger partial charge in [0.15, 0.2) is 5.65 Å². The lowest BCUT2D eigenvalue weighted by Gasteiger charge is -2.33. The number of methoxy groups -OCH3 is 1. The third kappa shape index (κ3) is 4.71. The van der Waals surface area contributed by atoms with Crippen LogP contribution in [0.2, 0.25) is 5.02 Å². The molecule has 1 N–H and O–H groups in total. The van der Waals surface area contributed by atoms with Crippen LogP contribution in [0.3, 0.4) is 0 Å². The Labute approximate surface area is 206 Å². The Morgan fingerprint density at radius 3 is 2.67 bits per heavy atom. The standard InChI is InChI=1S/C25H25BrClN5O/c1-33-23-9-5-2-6-17(23)16-31-12-10-18(11-13-31)29-24-14-22(19-7-3-4-8-21(19)27)30-25-20(26)15-28-32(24)25/h2-9,14-15,18,29H,10-13,16H2,1H3. The number of rotatable bonds is 6. The number of ether oxygens (including phenoxy) is 1. The Bertz CT molecular complexity index is 1270. The van der Waals surface area contributed by atoms with Crippen molar-refractivity contribution >= 4 is 39.0 Å². The van der Waals surface area contributed by atoms with Crippen molar-refractivity contribution in [1.29, 1.82) is 0 Å². The summed E-state index contributed by atoms with van der Waals surface area (Å²) >= 11 is 10.0. The van der Waals surface area contributed by atoms with Gasteiger partial charge in [-0.3, -0.25) is 4.90 Å². The Hall–Kier alpha value is -2.61. The summed E-state index contributed by atoms with van der Waals surface area (Å²) in [5, 5.41) is 8.92. The van der Waals surface area contributed by atoms with Gasteiger partial charge < -0.3 is 10.1 Å². The van der Waals surface area contributed by atoms with E-state index in [2.05, 4.69) is 43.4 Å². The maximum atomic E-state index is 6.46. The molecule has 5 rings (SSSR count). The maximum absolute atomic E-state index is 6.46. The quantitative estimate of drug-likeness (QED) is 0.339. The van der Waals surface area contributed by atoms with E-state index in [0.29, 0.717) is 11.1 Å². The lowest BCUT2D eigenvalue weighted by atomic mass is 10.0. The molecule has 0 radical (unpaired) electrons. The molecule has 1 aliphatic heterocycles. The van der Waals surface area contributed by atoms with E-state index >= 15 is 0 Å². The molecule has 8 heteroatoms. The highest BCUT2D eigenvalue weighted by atomic mass is 79.9. The molecule has 33 heavy (non-hydrogen) atoms. The highest BCUT2D eigenvalue weighted by molar-refractivity contribution is 9.10. The molecule has 0 aliphatic carbocycles. The molecule has 0 amide bonds. The number of benzene rings is 2. The second-order valence-electron chi connectivity index (χ2n) is 8.24. The molecule has 0 saturated carbocycles. The van der Waals surface area contributed by atoms with E-state index in [-0.39, 0.29) is 0 Å². The zero-order valence-corrected chi connectivity index (χ0v) is 20.7. The molecular formula is C25H25BrClN5O. The van der Waals surface area contributed by atoms with E-state index in [0.717, 1.165) is 65.4 Å². The van der Waals surface area contributed by atoms with Gasteiger partial charge in [0.2, 0.25) is 0 Å². The molecule has 170 valence electrons. The minimum absolute atomic E-state index is 0.353. The van der Waals surface area contributed by atoms with Crippen molar-refractivity contribution in [2.45, 2.75) is 25.4 Å². The lowest BCUT2D eigenvalue weighted by molar-refractivity contribution is 0.208. The van der Waals surface area contributed by atoms with Gasteiger partial charge in [-0.1, -0.05) is 48.0 Å². The molecular weight excluding hydrogens is 502 g/mol. The van der Waals surface area contributed by atoms with Crippen LogP contribution < -0.4 is 10.1 Å². The maximum Gasteiger partial charge on any atom is 0.172 e. The molecule has 6 nitrogen and oxygen atoms in total. The van der Waals surface area contributed by atoms with Crippen LogP contribution in [0.4, 0.5) is 5.82 Å². The second-order valence-corrected chi connectivity index (χ2v) is 9.50. The fraction of sp³-hybridized carbons (Fsp3) is 0.280. The first-order valence-electron chi connectivity index (χ1n) is 11.0. The van der Waals surface area contributed by atoms with Gasteiger partial charge in [0.25, 0.3) is 0 Å². The van der Waals surface area contributed by atoms with Crippen LogP contribution in [0.1, 0.15) is 18.4 Å². The van der Waals surface area contributed by atoms with Crippen molar-refractivity contribution in [1.82, 2.24) is 19.5 Å². The fourth-order valence-electron chi connectivity index (χ4n) is 4.36. The third-order valence-corrected chi connectivity index (χ3v) is 6.99. The number of fused-ring (bicyclic) bond motifs is 1. The first kappa shape index (κ1) is 22.2. The van der Waals surface area contributed by atoms with Gasteiger partial charge in [-0.15, -0.1) is 0 Å². The van der Waals surface area contributed by atoms with Crippen LogP contribution in [0.15, 0.2) is 65.3 Å². The summed E-state index contributed by atoms with van der Waals surface area (Å²) in [5.41, 5.74) is 3.73. The van der Waals surface area contributed by atoms with Crippen molar-refractivity contribution in [2.24, 2.45) is 0 Å². The molecule has 0 atom stereocenters. The Kier molecular flexibility index (Phi) is 6.53. The lowest BCUT2D eigenvalue weighted by Crippen LogP contribution is -2.39. The number of para-hydroxylation sites is 1. The SMILES string of the molecule is COc1ccccc1CN1CCC(Nc2cc(-c3ccccc3Cl)nc3c(Br)cnn23)CC1. The van der Waals surface area contributed by atoms with E-state index < -0.39 is 0 Å². The van der Waals surface area contributed by atoms with Crippen molar-refractivity contribution in [2.75, 3.05) is 25.5 Å². The summed E-state index contributed by atoms with van der Waals surface area (Å²) in [4.78, 5) is 7.29. The van der Waals surface area contributed by atoms with E-state index in [1.807, 2.05) is 47.0 Å². The van der Waals surface area contributed by atoms with Crippen LogP contribution in [-0.4, -0.2) is 45.7 Å². The van der Waals surface area contributed by atoms with Crippen LogP contribution in [0.25, 0.3) is 16.9 Å². The molecule has 1 saturated heterocycles. The first-order valence-corrected chi connectivity index (χ1v) is 12.2. The van der Waals surface area contributed by atoms with Gasteiger partial charge in [0.05, 0.1) is 23.5 Å². The second kappa shape index (κ2) is 9.71. The van der Waals surface area contributed by atoms with Crippen LogP contribution in [0, 0.1) is 0 Å². The predicted octanol–water partition coefficient (Wildman–Crippen LogP) is 5.90. The average molecular weight is 527 g/mol. The van der Waals surface area contributed by atoms with Gasteiger partial charge in [-0.05, 0) is 40.9 Å². The Morgan fingerprint density at radius 1 is 1.12 bits per heavy atom. The number of hydrogen-bond donors (Lipinski definition) is 1. The number of nitrogens with one attached hydrogen (secondary N) is 1. The highest BCUT2D eigenvalue weighted by Gasteiger charge is 2.22. The van der Waals surface area contributed by atoms with Gasteiger partial charge in [-0.2, -0.15) is 9.61 Å². The van der Waals surface area contributed by atoms with E-state index in [1.54, 1.807) is 13.3 Å². The number of likely N-dealkylation sites (tertiary alicyclic amines) is 1. The molecule has 2 aromatic carbocycles. The van der Waals surface area contributed by atoms with Gasteiger partial charge in [0.1, 0.15) is 11.6 Å². The third-order valence-electron chi connectivity index (χ3n) is 6.10. The largest absolute Gasteiger partial charge is 0.496 e. The van der Waals surface area contributed by atoms with Gasteiger partial charge in [-0.25, -0.2) is 4.98 Å². The van der Waals surface area contributed by atoms with Crippen LogP contribution >= 0.6 is 27.5 Å². The van der Waals surface area contributed by atoms with Crippen molar-refractivity contribution in [3.8, 4) is 17.0 Å². The first-order chi connectivity index (χ1) is 16.1. The van der Waals surface area contributed by atoms with Crippen molar-refractivity contribution < 1.29 is 4.74 Å². The van der Waals surface area contributed by atoms with E-state index in [1.165, 1.54) is 5.56 Å². The van der Waals surface area contributed by atoms with Crippen molar-refractivity contribution in [3.05, 3.63) is 75.9 Å². The van der Waals surface area contributed by atoms with Crippen LogP contribution in [0.5, 0.6) is 5.75 Å². The van der Waals surface area contributed by atoms with Gasteiger partial charge in [0, 0.05) is 47.9 Å². The minimum Gasteiger partial charge on any atom is -0.496 e. The van der Waals surface area contributed by atoms with Gasteiger partial charge >= 0.3 is 0 Å².